The van der Waals surface area contributed by atoms with Crippen LogP contribution in [0.3, 0.4) is 0 Å². The van der Waals surface area contributed by atoms with Crippen LogP contribution in [0.15, 0.2) is 29.2 Å². The molecule has 0 aliphatic carbocycles. The van der Waals surface area contributed by atoms with Gasteiger partial charge in [0.1, 0.15) is 0 Å². The Kier molecular flexibility index (Phi) is 5.70. The summed E-state index contributed by atoms with van der Waals surface area (Å²) in [5, 5.41) is 11.4. The van der Waals surface area contributed by atoms with E-state index in [1.807, 2.05) is 6.07 Å². The molecule has 0 spiro atoms. The van der Waals surface area contributed by atoms with Gasteiger partial charge in [-0.3, -0.25) is 0 Å². The first-order chi connectivity index (χ1) is 8.98. The number of anilines is 1. The molecule has 0 radical (unpaired) electrons. The van der Waals surface area contributed by atoms with Gasteiger partial charge < -0.3 is 5.32 Å². The lowest BCUT2D eigenvalue weighted by Crippen LogP contribution is -2.11. The fourth-order valence-corrected chi connectivity index (χ4v) is 2.15. The van der Waals surface area contributed by atoms with Crippen LogP contribution in [0.5, 0.6) is 0 Å². The van der Waals surface area contributed by atoms with Gasteiger partial charge >= 0.3 is 5.76 Å². The average Bonchev–Trinajstić information content (AvgIpc) is 2.39. The first-order valence-electron chi connectivity index (χ1n) is 5.71. The smallest absolute Gasteiger partial charge is 0.341 e. The van der Waals surface area contributed by atoms with Crippen molar-refractivity contribution in [3.8, 4) is 6.07 Å². The maximum absolute atomic E-state index is 12.3. The summed E-state index contributed by atoms with van der Waals surface area (Å²) in [5.41, 5.74) is 0.658. The van der Waals surface area contributed by atoms with Gasteiger partial charge in [0, 0.05) is 18.7 Å². The minimum absolute atomic E-state index is 0.391. The molecule has 7 heteroatoms. The molecule has 19 heavy (non-hydrogen) atoms. The van der Waals surface area contributed by atoms with Crippen LogP contribution in [0, 0.1) is 11.3 Å². The van der Waals surface area contributed by atoms with Crippen molar-refractivity contribution in [1.29, 1.82) is 5.26 Å². The number of nitrogens with zero attached hydrogens (tertiary/aromatic N) is 1. The van der Waals surface area contributed by atoms with Gasteiger partial charge in [-0.1, -0.05) is 0 Å². The molecule has 104 valence electrons. The van der Waals surface area contributed by atoms with Gasteiger partial charge in [-0.15, -0.1) is 0 Å². The molecule has 4 nitrogen and oxygen atoms in total. The zero-order valence-electron chi connectivity index (χ0n) is 10.1. The minimum Gasteiger partial charge on any atom is -0.385 e. The van der Waals surface area contributed by atoms with Crippen molar-refractivity contribution in [2.24, 2.45) is 0 Å². The Balaban J connectivity index is 2.56. The van der Waals surface area contributed by atoms with Crippen molar-refractivity contribution in [3.63, 3.8) is 0 Å². The summed E-state index contributed by atoms with van der Waals surface area (Å²) in [6, 6.07) is 7.23. The summed E-state index contributed by atoms with van der Waals surface area (Å²) in [6.45, 7) is 0.641. The van der Waals surface area contributed by atoms with E-state index in [4.69, 9.17) is 5.26 Å². The normalized spacial score (nSPS) is 11.3. The van der Waals surface area contributed by atoms with Crippen molar-refractivity contribution >= 4 is 15.5 Å². The van der Waals surface area contributed by atoms with Crippen LogP contribution in [0.2, 0.25) is 0 Å². The van der Waals surface area contributed by atoms with Crippen molar-refractivity contribution in [2.75, 3.05) is 11.9 Å². The Morgan fingerprint density at radius 2 is 1.84 bits per heavy atom. The van der Waals surface area contributed by atoms with Crippen molar-refractivity contribution in [1.82, 2.24) is 0 Å². The molecule has 1 aromatic rings. The molecule has 1 aromatic carbocycles. The van der Waals surface area contributed by atoms with Crippen molar-refractivity contribution in [3.05, 3.63) is 24.3 Å². The number of nitriles is 1. The molecule has 0 aliphatic rings. The number of hydrogen-bond donors (Lipinski definition) is 1. The van der Waals surface area contributed by atoms with E-state index in [2.05, 4.69) is 5.32 Å². The van der Waals surface area contributed by atoms with Crippen LogP contribution >= 0.6 is 0 Å². The third kappa shape index (κ3) is 4.48. The number of halogens is 2. The third-order valence-electron chi connectivity index (χ3n) is 2.46. The summed E-state index contributed by atoms with van der Waals surface area (Å²) in [6.07, 6.45) is 2.08. The highest BCUT2D eigenvalue weighted by Gasteiger charge is 2.26. The van der Waals surface area contributed by atoms with Crippen LogP contribution in [0.25, 0.3) is 0 Å². The van der Waals surface area contributed by atoms with Crippen LogP contribution in [0.4, 0.5) is 14.5 Å². The van der Waals surface area contributed by atoms with Crippen molar-refractivity contribution < 1.29 is 17.2 Å². The van der Waals surface area contributed by atoms with Gasteiger partial charge in [-0.2, -0.15) is 14.0 Å². The molecule has 0 heterocycles. The van der Waals surface area contributed by atoms with E-state index in [1.54, 1.807) is 0 Å². The summed E-state index contributed by atoms with van der Waals surface area (Å²) < 4.78 is 46.9. The lowest BCUT2D eigenvalue weighted by molar-refractivity contribution is 0.234. The number of sulfone groups is 1. The summed E-state index contributed by atoms with van der Waals surface area (Å²) in [4.78, 5) is -0.391. The zero-order valence-corrected chi connectivity index (χ0v) is 11.0. The standard InChI is InChI=1S/C12H14F2N2O2S/c13-12(14)19(17,18)11-6-4-10(5-7-11)16-9-3-1-2-8-15/h4-7,12,16H,1-3,9H2. The Morgan fingerprint density at radius 1 is 1.21 bits per heavy atom. The zero-order chi connectivity index (χ0) is 14.3. The first-order valence-corrected chi connectivity index (χ1v) is 7.26. The topological polar surface area (TPSA) is 70.0 Å². The molecule has 1 N–H and O–H groups in total. The first kappa shape index (κ1) is 15.4. The minimum atomic E-state index is -4.52. The van der Waals surface area contributed by atoms with E-state index in [-0.39, 0.29) is 0 Å². The number of alkyl halides is 2. The van der Waals surface area contributed by atoms with E-state index in [0.29, 0.717) is 18.7 Å². The van der Waals surface area contributed by atoms with Gasteiger partial charge in [0.2, 0.25) is 9.84 Å². The Labute approximate surface area is 111 Å². The fourth-order valence-electron chi connectivity index (χ4n) is 1.43. The van der Waals surface area contributed by atoms with Gasteiger partial charge in [0.25, 0.3) is 0 Å². The molecule has 0 saturated carbocycles. The molecule has 0 aromatic heterocycles. The molecule has 0 bridgehead atoms. The van der Waals surface area contributed by atoms with Crippen LogP contribution < -0.4 is 5.32 Å². The highest BCUT2D eigenvalue weighted by molar-refractivity contribution is 7.91. The predicted molar refractivity (Wildman–Crippen MR) is 67.6 cm³/mol. The Morgan fingerprint density at radius 3 is 2.37 bits per heavy atom. The molecule has 0 atom stereocenters. The Hall–Kier alpha value is -1.68. The number of hydrogen-bond acceptors (Lipinski definition) is 4. The third-order valence-corrected chi connectivity index (χ3v) is 3.86. The predicted octanol–water partition coefficient (Wildman–Crippen LogP) is 2.79. The molecular formula is C12H14F2N2O2S. The van der Waals surface area contributed by atoms with E-state index in [9.17, 15) is 17.2 Å². The van der Waals surface area contributed by atoms with E-state index >= 15 is 0 Å². The monoisotopic (exact) mass is 288 g/mol. The number of nitrogens with one attached hydrogen (secondary N) is 1. The second-order valence-electron chi connectivity index (χ2n) is 3.87. The number of unbranched alkanes of at least 4 members (excludes halogenated alkanes) is 2. The molecular weight excluding hydrogens is 274 g/mol. The summed E-state index contributed by atoms with van der Waals surface area (Å²) >= 11 is 0. The molecule has 0 saturated heterocycles. The lowest BCUT2D eigenvalue weighted by Gasteiger charge is -2.07. The second-order valence-corrected chi connectivity index (χ2v) is 5.79. The van der Waals surface area contributed by atoms with E-state index < -0.39 is 20.5 Å². The molecule has 1 rings (SSSR count). The van der Waals surface area contributed by atoms with Crippen LogP contribution in [0.1, 0.15) is 19.3 Å². The van der Waals surface area contributed by atoms with E-state index in [1.165, 1.54) is 12.1 Å². The van der Waals surface area contributed by atoms with E-state index in [0.717, 1.165) is 25.0 Å². The SMILES string of the molecule is N#CCCCCNc1ccc(S(=O)(=O)C(F)F)cc1. The van der Waals surface area contributed by atoms with Gasteiger partial charge in [-0.05, 0) is 37.1 Å². The van der Waals surface area contributed by atoms with Gasteiger partial charge in [0.15, 0.2) is 0 Å². The highest BCUT2D eigenvalue weighted by Crippen LogP contribution is 2.20. The maximum Gasteiger partial charge on any atom is 0.341 e. The molecule has 0 unspecified atom stereocenters. The average molecular weight is 288 g/mol. The van der Waals surface area contributed by atoms with Crippen LogP contribution in [-0.2, 0) is 9.84 Å². The Bertz CT molecular complexity index is 536. The summed E-state index contributed by atoms with van der Waals surface area (Å²) in [5.74, 6) is -3.41. The van der Waals surface area contributed by atoms with Crippen molar-refractivity contribution in [2.45, 2.75) is 29.9 Å². The molecule has 0 fully saturated rings. The lowest BCUT2D eigenvalue weighted by atomic mass is 10.2. The number of rotatable bonds is 7. The molecule has 0 amide bonds. The largest absolute Gasteiger partial charge is 0.385 e. The summed E-state index contributed by atoms with van der Waals surface area (Å²) in [7, 11) is -4.52. The maximum atomic E-state index is 12.3. The number of benzene rings is 1. The second kappa shape index (κ2) is 7.04. The highest BCUT2D eigenvalue weighted by atomic mass is 32.2. The van der Waals surface area contributed by atoms with Gasteiger partial charge in [-0.25, -0.2) is 8.42 Å². The van der Waals surface area contributed by atoms with Gasteiger partial charge in [0.05, 0.1) is 11.0 Å². The van der Waals surface area contributed by atoms with Crippen LogP contribution in [-0.4, -0.2) is 20.7 Å². The quantitative estimate of drug-likeness (QED) is 0.783. The fraction of sp³-hybridized carbons (Fsp3) is 0.417. The molecule has 0 aliphatic heterocycles.